The molecular formula is C23H24N4O3. The van der Waals surface area contributed by atoms with E-state index in [1.807, 2.05) is 19.1 Å². The molecule has 1 aliphatic heterocycles. The van der Waals surface area contributed by atoms with Crippen LogP contribution >= 0.6 is 0 Å². The fourth-order valence-corrected chi connectivity index (χ4v) is 3.73. The Morgan fingerprint density at radius 2 is 1.87 bits per heavy atom. The SMILES string of the molecule is Cc1cccc(C(=O)Nc2ccc3ncn(CC(=O)N4CCCCC4)c(=O)c3c2)c1. The van der Waals surface area contributed by atoms with Crippen LogP contribution in [0.3, 0.4) is 0 Å². The molecule has 1 N–H and O–H groups in total. The first-order chi connectivity index (χ1) is 14.5. The van der Waals surface area contributed by atoms with E-state index in [0.29, 0.717) is 22.2 Å². The van der Waals surface area contributed by atoms with E-state index in [-0.39, 0.29) is 23.9 Å². The summed E-state index contributed by atoms with van der Waals surface area (Å²) in [6.45, 7) is 3.38. The lowest BCUT2D eigenvalue weighted by Gasteiger charge is -2.26. The van der Waals surface area contributed by atoms with Crippen molar-refractivity contribution in [1.29, 1.82) is 0 Å². The Morgan fingerprint density at radius 1 is 1.07 bits per heavy atom. The van der Waals surface area contributed by atoms with E-state index in [9.17, 15) is 14.4 Å². The number of fused-ring (bicyclic) bond motifs is 1. The van der Waals surface area contributed by atoms with Crippen molar-refractivity contribution >= 4 is 28.4 Å². The lowest BCUT2D eigenvalue weighted by Crippen LogP contribution is -2.39. The van der Waals surface area contributed by atoms with Gasteiger partial charge in [0.1, 0.15) is 6.54 Å². The standard InChI is InChI=1S/C23H24N4O3/c1-16-6-5-7-17(12-16)22(29)25-18-8-9-20-19(13-18)23(30)27(15-24-20)14-21(28)26-10-3-2-4-11-26/h5-9,12-13,15H,2-4,10-11,14H2,1H3,(H,25,29). The second kappa shape index (κ2) is 8.49. The zero-order chi connectivity index (χ0) is 21.1. The van der Waals surface area contributed by atoms with Crippen molar-refractivity contribution in [2.45, 2.75) is 32.7 Å². The first-order valence-corrected chi connectivity index (χ1v) is 10.2. The summed E-state index contributed by atoms with van der Waals surface area (Å²) in [5.74, 6) is -0.315. The molecule has 0 atom stereocenters. The first kappa shape index (κ1) is 19.8. The minimum Gasteiger partial charge on any atom is -0.341 e. The number of hydrogen-bond acceptors (Lipinski definition) is 4. The highest BCUT2D eigenvalue weighted by Gasteiger charge is 2.18. The van der Waals surface area contributed by atoms with Crippen LogP contribution < -0.4 is 10.9 Å². The topological polar surface area (TPSA) is 84.3 Å². The summed E-state index contributed by atoms with van der Waals surface area (Å²) in [6, 6.07) is 12.3. The molecule has 2 amide bonds. The van der Waals surface area contributed by atoms with Crippen molar-refractivity contribution in [2.75, 3.05) is 18.4 Å². The van der Waals surface area contributed by atoms with E-state index in [4.69, 9.17) is 0 Å². The second-order valence-electron chi connectivity index (χ2n) is 7.67. The number of benzene rings is 2. The Bertz CT molecular complexity index is 1160. The third-order valence-corrected chi connectivity index (χ3v) is 5.38. The summed E-state index contributed by atoms with van der Waals surface area (Å²) >= 11 is 0. The van der Waals surface area contributed by atoms with E-state index in [2.05, 4.69) is 10.3 Å². The molecule has 1 saturated heterocycles. The normalized spacial score (nSPS) is 14.0. The Hall–Kier alpha value is -3.48. The highest BCUT2D eigenvalue weighted by Crippen LogP contribution is 2.16. The molecule has 3 aromatic rings. The maximum Gasteiger partial charge on any atom is 0.261 e. The molecule has 30 heavy (non-hydrogen) atoms. The van der Waals surface area contributed by atoms with Gasteiger partial charge in [0.15, 0.2) is 0 Å². The third-order valence-electron chi connectivity index (χ3n) is 5.38. The molecule has 1 fully saturated rings. The van der Waals surface area contributed by atoms with Crippen LogP contribution in [0.15, 0.2) is 53.6 Å². The van der Waals surface area contributed by atoms with Gasteiger partial charge in [0, 0.05) is 24.3 Å². The highest BCUT2D eigenvalue weighted by atomic mass is 16.2. The van der Waals surface area contributed by atoms with Crippen molar-refractivity contribution in [3.05, 3.63) is 70.3 Å². The molecule has 0 spiro atoms. The van der Waals surface area contributed by atoms with E-state index < -0.39 is 0 Å². The molecule has 1 aromatic heterocycles. The summed E-state index contributed by atoms with van der Waals surface area (Å²) in [4.78, 5) is 44.1. The molecule has 0 aliphatic carbocycles. The van der Waals surface area contributed by atoms with Gasteiger partial charge in [-0.25, -0.2) is 4.98 Å². The van der Waals surface area contributed by atoms with Crippen molar-refractivity contribution in [2.24, 2.45) is 0 Å². The number of nitrogens with one attached hydrogen (secondary N) is 1. The third kappa shape index (κ3) is 4.25. The summed E-state index contributed by atoms with van der Waals surface area (Å²) in [5.41, 5.74) is 2.28. The molecule has 4 rings (SSSR count). The molecule has 0 radical (unpaired) electrons. The van der Waals surface area contributed by atoms with Gasteiger partial charge in [-0.3, -0.25) is 19.0 Å². The van der Waals surface area contributed by atoms with Crippen LogP contribution in [0.2, 0.25) is 0 Å². The molecule has 154 valence electrons. The number of carbonyl (C=O) groups is 2. The molecule has 2 aromatic carbocycles. The van der Waals surface area contributed by atoms with Gasteiger partial charge in [-0.15, -0.1) is 0 Å². The van der Waals surface area contributed by atoms with Gasteiger partial charge in [0.05, 0.1) is 17.2 Å². The maximum absolute atomic E-state index is 12.9. The fourth-order valence-electron chi connectivity index (χ4n) is 3.73. The van der Waals surface area contributed by atoms with Crippen molar-refractivity contribution in [3.63, 3.8) is 0 Å². The largest absolute Gasteiger partial charge is 0.341 e. The predicted octanol–water partition coefficient (Wildman–Crippen LogP) is 2.97. The molecule has 0 unspecified atom stereocenters. The molecule has 7 heteroatoms. The lowest BCUT2D eigenvalue weighted by molar-refractivity contribution is -0.132. The Morgan fingerprint density at radius 3 is 2.63 bits per heavy atom. The highest BCUT2D eigenvalue weighted by molar-refractivity contribution is 6.05. The quantitative estimate of drug-likeness (QED) is 0.725. The fraction of sp³-hybridized carbons (Fsp3) is 0.304. The summed E-state index contributed by atoms with van der Waals surface area (Å²) < 4.78 is 1.34. The summed E-state index contributed by atoms with van der Waals surface area (Å²) in [6.07, 6.45) is 4.55. The molecule has 0 saturated carbocycles. The predicted molar refractivity (Wildman–Crippen MR) is 116 cm³/mol. The van der Waals surface area contributed by atoms with Crippen LogP contribution in [-0.2, 0) is 11.3 Å². The number of piperidine rings is 1. The number of hydrogen-bond donors (Lipinski definition) is 1. The van der Waals surface area contributed by atoms with Gasteiger partial charge in [0.25, 0.3) is 11.5 Å². The van der Waals surface area contributed by atoms with E-state index in [1.54, 1.807) is 35.2 Å². The average molecular weight is 404 g/mol. The zero-order valence-electron chi connectivity index (χ0n) is 16.9. The second-order valence-corrected chi connectivity index (χ2v) is 7.67. The van der Waals surface area contributed by atoms with Gasteiger partial charge in [-0.2, -0.15) is 0 Å². The van der Waals surface area contributed by atoms with E-state index in [1.165, 1.54) is 10.9 Å². The van der Waals surface area contributed by atoms with Crippen molar-refractivity contribution < 1.29 is 9.59 Å². The number of aryl methyl sites for hydroxylation is 1. The number of amides is 2. The lowest BCUT2D eigenvalue weighted by atomic mass is 10.1. The van der Waals surface area contributed by atoms with Gasteiger partial charge in [-0.05, 0) is 56.5 Å². The Balaban J connectivity index is 1.57. The minimum absolute atomic E-state index is 0.0261. The van der Waals surface area contributed by atoms with Crippen LogP contribution in [0.25, 0.3) is 10.9 Å². The van der Waals surface area contributed by atoms with Gasteiger partial charge >= 0.3 is 0 Å². The average Bonchev–Trinajstić information content (AvgIpc) is 2.76. The molecule has 1 aliphatic rings. The van der Waals surface area contributed by atoms with Gasteiger partial charge in [0.2, 0.25) is 5.91 Å². The molecular weight excluding hydrogens is 380 g/mol. The smallest absolute Gasteiger partial charge is 0.261 e. The first-order valence-electron chi connectivity index (χ1n) is 10.2. The van der Waals surface area contributed by atoms with E-state index in [0.717, 1.165) is 37.9 Å². The molecule has 0 bridgehead atoms. The maximum atomic E-state index is 12.9. The number of nitrogens with zero attached hydrogens (tertiary/aromatic N) is 3. The van der Waals surface area contributed by atoms with E-state index >= 15 is 0 Å². The van der Waals surface area contributed by atoms with Crippen molar-refractivity contribution in [3.8, 4) is 0 Å². The number of rotatable bonds is 4. The van der Waals surface area contributed by atoms with Crippen LogP contribution in [0.1, 0.15) is 35.2 Å². The molecule has 2 heterocycles. The van der Waals surface area contributed by atoms with Crippen LogP contribution in [0.4, 0.5) is 5.69 Å². The minimum atomic E-state index is -0.294. The zero-order valence-corrected chi connectivity index (χ0v) is 16.9. The van der Waals surface area contributed by atoms with Gasteiger partial charge in [-0.1, -0.05) is 17.7 Å². The molecule has 7 nitrogen and oxygen atoms in total. The van der Waals surface area contributed by atoms with Crippen LogP contribution in [0.5, 0.6) is 0 Å². The van der Waals surface area contributed by atoms with Crippen LogP contribution in [0, 0.1) is 6.92 Å². The van der Waals surface area contributed by atoms with Gasteiger partial charge < -0.3 is 10.2 Å². The Labute approximate surface area is 174 Å². The van der Waals surface area contributed by atoms with Crippen LogP contribution in [-0.4, -0.2) is 39.4 Å². The number of aromatic nitrogens is 2. The monoisotopic (exact) mass is 404 g/mol. The number of anilines is 1. The summed E-state index contributed by atoms with van der Waals surface area (Å²) in [7, 11) is 0. The van der Waals surface area contributed by atoms with Crippen molar-refractivity contribution in [1.82, 2.24) is 14.5 Å². The summed E-state index contributed by atoms with van der Waals surface area (Å²) in [5, 5.41) is 3.19. The number of carbonyl (C=O) groups excluding carboxylic acids is 2. The Kier molecular flexibility index (Phi) is 5.61. The number of likely N-dealkylation sites (tertiary alicyclic amines) is 1.